The van der Waals surface area contributed by atoms with E-state index in [9.17, 15) is 14.9 Å². The van der Waals surface area contributed by atoms with Gasteiger partial charge in [0.05, 0.1) is 16.6 Å². The van der Waals surface area contributed by atoms with Gasteiger partial charge in [-0.25, -0.2) is 4.79 Å². The molecule has 26 heavy (non-hydrogen) atoms. The number of carbonyl (C=O) groups is 1. The van der Waals surface area contributed by atoms with E-state index < -0.39 is 11.0 Å². The monoisotopic (exact) mass is 349 g/mol. The number of ether oxygens (including phenoxy) is 1. The van der Waals surface area contributed by atoms with Crippen molar-refractivity contribution < 1.29 is 14.5 Å². The van der Waals surface area contributed by atoms with Crippen molar-refractivity contribution in [3.63, 3.8) is 0 Å². The van der Waals surface area contributed by atoms with E-state index in [-0.39, 0.29) is 24.4 Å². The quantitative estimate of drug-likeness (QED) is 0.386. The smallest absolute Gasteiger partial charge is 0.407 e. The van der Waals surface area contributed by atoms with Gasteiger partial charge in [-0.1, -0.05) is 42.2 Å². The van der Waals surface area contributed by atoms with E-state index in [1.54, 1.807) is 0 Å². The van der Waals surface area contributed by atoms with Crippen molar-refractivity contribution in [2.75, 3.05) is 6.54 Å². The number of nitro groups is 1. The molecule has 0 aliphatic carbocycles. The molecule has 0 saturated heterocycles. The fourth-order valence-corrected chi connectivity index (χ4v) is 2.02. The zero-order valence-electron chi connectivity index (χ0n) is 13.8. The third-order valence-electron chi connectivity index (χ3n) is 3.22. The average Bonchev–Trinajstić information content (AvgIpc) is 2.66. The molecule has 0 aliphatic heterocycles. The van der Waals surface area contributed by atoms with E-state index in [2.05, 4.69) is 17.2 Å². The third-order valence-corrected chi connectivity index (χ3v) is 3.22. The molecule has 0 fully saturated rings. The summed E-state index contributed by atoms with van der Waals surface area (Å²) in [5, 5.41) is 22.3. The molecule has 0 radical (unpaired) electrons. The van der Waals surface area contributed by atoms with Gasteiger partial charge in [-0.15, -0.1) is 0 Å². The van der Waals surface area contributed by atoms with Crippen LogP contribution in [0.15, 0.2) is 48.5 Å². The number of alkyl carbamates (subject to hydrolysis) is 1. The number of nitrogens with one attached hydrogen (secondary N) is 1. The lowest BCUT2D eigenvalue weighted by atomic mass is 10.1. The van der Waals surface area contributed by atoms with E-state index >= 15 is 0 Å². The first-order valence-electron chi connectivity index (χ1n) is 7.71. The topological polar surface area (TPSA) is 105 Å². The van der Waals surface area contributed by atoms with Crippen LogP contribution in [-0.4, -0.2) is 17.6 Å². The Balaban J connectivity index is 1.80. The largest absolute Gasteiger partial charge is 0.445 e. The molecule has 0 spiro atoms. The molecular weight excluding hydrogens is 334 g/mol. The van der Waals surface area contributed by atoms with Crippen LogP contribution in [0.3, 0.4) is 0 Å². The summed E-state index contributed by atoms with van der Waals surface area (Å²) in [6, 6.07) is 15.1. The lowest BCUT2D eigenvalue weighted by Gasteiger charge is -2.05. The molecule has 1 N–H and O–H groups in total. The van der Waals surface area contributed by atoms with Gasteiger partial charge in [-0.05, 0) is 11.6 Å². The molecule has 0 heterocycles. The molecule has 0 bridgehead atoms. The maximum atomic E-state index is 11.6. The van der Waals surface area contributed by atoms with Crippen LogP contribution in [0.5, 0.6) is 0 Å². The summed E-state index contributed by atoms with van der Waals surface area (Å²) >= 11 is 0. The van der Waals surface area contributed by atoms with Crippen LogP contribution in [0.1, 0.15) is 23.1 Å². The van der Waals surface area contributed by atoms with Gasteiger partial charge in [-0.3, -0.25) is 10.1 Å². The Kier molecular flexibility index (Phi) is 6.73. The Labute approximate surface area is 150 Å². The van der Waals surface area contributed by atoms with Crippen LogP contribution in [-0.2, 0) is 11.3 Å². The van der Waals surface area contributed by atoms with Crippen LogP contribution < -0.4 is 5.32 Å². The predicted octanol–water partition coefficient (Wildman–Crippen LogP) is 3.13. The van der Waals surface area contributed by atoms with Crippen LogP contribution in [0.2, 0.25) is 0 Å². The highest BCUT2D eigenvalue weighted by Gasteiger charge is 2.08. The third kappa shape index (κ3) is 5.99. The van der Waals surface area contributed by atoms with Crippen LogP contribution in [0.25, 0.3) is 0 Å². The van der Waals surface area contributed by atoms with Gasteiger partial charge in [-0.2, -0.15) is 5.26 Å². The Morgan fingerprint density at radius 3 is 2.62 bits per heavy atom. The van der Waals surface area contributed by atoms with E-state index in [0.717, 1.165) is 5.56 Å². The van der Waals surface area contributed by atoms with E-state index in [4.69, 9.17) is 10.00 Å². The summed E-state index contributed by atoms with van der Waals surface area (Å²) in [7, 11) is 0. The number of hydrogen-bond acceptors (Lipinski definition) is 5. The van der Waals surface area contributed by atoms with Crippen molar-refractivity contribution >= 4 is 11.8 Å². The molecule has 1 amide bonds. The van der Waals surface area contributed by atoms with Crippen LogP contribution >= 0.6 is 0 Å². The summed E-state index contributed by atoms with van der Waals surface area (Å²) in [5.74, 6) is 5.54. The van der Waals surface area contributed by atoms with E-state index in [1.165, 1.54) is 18.2 Å². The second-order valence-corrected chi connectivity index (χ2v) is 5.18. The van der Waals surface area contributed by atoms with Crippen molar-refractivity contribution in [3.05, 3.63) is 75.3 Å². The van der Waals surface area contributed by atoms with Gasteiger partial charge >= 0.3 is 6.09 Å². The minimum Gasteiger partial charge on any atom is -0.445 e. The molecule has 0 aromatic heterocycles. The first-order chi connectivity index (χ1) is 12.6. The number of nitriles is 1. The molecule has 2 aromatic rings. The summed E-state index contributed by atoms with van der Waals surface area (Å²) in [5.41, 5.74) is 1.26. The fraction of sp³-hybridized carbons (Fsp3) is 0.158. The number of hydrogen-bond donors (Lipinski definition) is 1. The Bertz CT molecular complexity index is 892. The summed E-state index contributed by atoms with van der Waals surface area (Å²) in [6.45, 7) is 0.462. The number of benzene rings is 2. The van der Waals surface area contributed by atoms with Gasteiger partial charge in [0.2, 0.25) is 0 Å². The second kappa shape index (κ2) is 9.45. The second-order valence-electron chi connectivity index (χ2n) is 5.18. The molecule has 2 rings (SSSR count). The van der Waals surface area contributed by atoms with Gasteiger partial charge in [0, 0.05) is 30.7 Å². The highest BCUT2D eigenvalue weighted by atomic mass is 16.6. The minimum atomic E-state index is -0.573. The van der Waals surface area contributed by atoms with Crippen LogP contribution in [0, 0.1) is 33.3 Å². The molecule has 7 nitrogen and oxygen atoms in total. The SMILES string of the molecule is N#Cc1cc(C#CCCNC(=O)OCc2ccccc2)cc([N+](=O)[O-])c1. The maximum absolute atomic E-state index is 11.6. The number of nitrogens with zero attached hydrogens (tertiary/aromatic N) is 2. The molecular formula is C19H15N3O4. The van der Waals surface area contributed by atoms with Gasteiger partial charge in [0.1, 0.15) is 6.61 Å². The number of amides is 1. The zero-order chi connectivity index (χ0) is 18.8. The Hall–Kier alpha value is -3.84. The van der Waals surface area contributed by atoms with Crippen molar-refractivity contribution in [2.24, 2.45) is 0 Å². The van der Waals surface area contributed by atoms with Gasteiger partial charge in [0.15, 0.2) is 0 Å². The number of carbonyl (C=O) groups excluding carboxylic acids is 1. The predicted molar refractivity (Wildman–Crippen MR) is 93.9 cm³/mol. The van der Waals surface area contributed by atoms with Gasteiger partial charge in [0.25, 0.3) is 5.69 Å². The first-order valence-corrected chi connectivity index (χ1v) is 7.71. The van der Waals surface area contributed by atoms with Crippen molar-refractivity contribution in [3.8, 4) is 17.9 Å². The molecule has 0 saturated carbocycles. The highest BCUT2D eigenvalue weighted by molar-refractivity contribution is 5.67. The minimum absolute atomic E-state index is 0.172. The first kappa shape index (κ1) is 18.5. The zero-order valence-corrected chi connectivity index (χ0v) is 13.8. The number of rotatable bonds is 5. The number of non-ortho nitro benzene ring substituents is 1. The van der Waals surface area contributed by atoms with Crippen molar-refractivity contribution in [2.45, 2.75) is 13.0 Å². The molecule has 2 aromatic carbocycles. The summed E-state index contributed by atoms with van der Waals surface area (Å²) < 4.78 is 5.06. The standard InChI is InChI=1S/C19H15N3O4/c20-13-17-10-16(11-18(12-17)22(24)25)8-4-5-9-21-19(23)26-14-15-6-2-1-3-7-15/h1-3,6-7,10-12H,5,9,14H2,(H,21,23). The normalized spacial score (nSPS) is 9.35. The summed E-state index contributed by atoms with van der Waals surface area (Å²) in [4.78, 5) is 21.8. The fourth-order valence-electron chi connectivity index (χ4n) is 2.02. The van der Waals surface area contributed by atoms with Crippen LogP contribution in [0.4, 0.5) is 10.5 Å². The van der Waals surface area contributed by atoms with E-state index in [1.807, 2.05) is 36.4 Å². The lowest BCUT2D eigenvalue weighted by Crippen LogP contribution is -2.24. The Morgan fingerprint density at radius 1 is 1.19 bits per heavy atom. The maximum Gasteiger partial charge on any atom is 0.407 e. The van der Waals surface area contributed by atoms with Crippen molar-refractivity contribution in [1.29, 1.82) is 5.26 Å². The molecule has 7 heteroatoms. The Morgan fingerprint density at radius 2 is 1.92 bits per heavy atom. The summed E-state index contributed by atoms with van der Waals surface area (Å²) in [6.07, 6.45) is -0.205. The molecule has 0 atom stereocenters. The van der Waals surface area contributed by atoms with Crippen molar-refractivity contribution in [1.82, 2.24) is 5.32 Å². The molecule has 130 valence electrons. The average molecular weight is 349 g/mol. The van der Waals surface area contributed by atoms with E-state index in [0.29, 0.717) is 12.0 Å². The number of nitro benzene ring substituents is 1. The highest BCUT2D eigenvalue weighted by Crippen LogP contribution is 2.16. The molecule has 0 unspecified atom stereocenters. The lowest BCUT2D eigenvalue weighted by molar-refractivity contribution is -0.384. The molecule has 0 aliphatic rings. The van der Waals surface area contributed by atoms with Gasteiger partial charge < -0.3 is 10.1 Å².